The van der Waals surface area contributed by atoms with Gasteiger partial charge in [0.15, 0.2) is 11.6 Å². The van der Waals surface area contributed by atoms with E-state index in [-0.39, 0.29) is 30.7 Å². The number of benzene rings is 1. The Labute approximate surface area is 119 Å². The van der Waals surface area contributed by atoms with Gasteiger partial charge in [0, 0.05) is 13.1 Å². The second-order valence-corrected chi connectivity index (χ2v) is 4.80. The zero-order valence-corrected chi connectivity index (χ0v) is 11.3. The van der Waals surface area contributed by atoms with Crippen LogP contribution in [-0.2, 0) is 9.53 Å². The van der Waals surface area contributed by atoms with Gasteiger partial charge in [-0.05, 0) is 12.8 Å². The molecule has 2 rings (SSSR count). The molecule has 0 N–H and O–H groups in total. The lowest BCUT2D eigenvalue weighted by Gasteiger charge is -2.32. The summed E-state index contributed by atoms with van der Waals surface area (Å²) < 4.78 is 32.4. The molecule has 1 aromatic rings. The largest absolute Gasteiger partial charge is 0.469 e. The van der Waals surface area contributed by atoms with Crippen LogP contribution in [-0.4, -0.2) is 31.1 Å². The van der Waals surface area contributed by atoms with E-state index in [2.05, 4.69) is 4.74 Å². The number of hydrogen-bond donors (Lipinski definition) is 0. The number of nitro groups is 1. The van der Waals surface area contributed by atoms with Crippen molar-refractivity contribution in [3.05, 3.63) is 33.9 Å². The van der Waals surface area contributed by atoms with Crippen molar-refractivity contribution in [1.29, 1.82) is 0 Å². The van der Waals surface area contributed by atoms with E-state index in [1.165, 1.54) is 12.0 Å². The number of rotatable bonds is 3. The van der Waals surface area contributed by atoms with E-state index in [1.54, 1.807) is 0 Å². The molecule has 0 radical (unpaired) electrons. The van der Waals surface area contributed by atoms with E-state index in [0.29, 0.717) is 25.0 Å². The molecule has 0 bridgehead atoms. The predicted octanol–water partition coefficient (Wildman–Crippen LogP) is 2.26. The Bertz CT molecular complexity index is 548. The van der Waals surface area contributed by atoms with Gasteiger partial charge in [0.1, 0.15) is 5.69 Å². The smallest absolute Gasteiger partial charge is 0.308 e. The molecule has 1 aromatic carbocycles. The molecule has 21 heavy (non-hydrogen) atoms. The van der Waals surface area contributed by atoms with Crippen LogP contribution in [0.1, 0.15) is 12.8 Å². The van der Waals surface area contributed by atoms with Crippen LogP contribution in [0.2, 0.25) is 0 Å². The highest BCUT2D eigenvalue weighted by atomic mass is 19.1. The molecular weight excluding hydrogens is 286 g/mol. The maximum Gasteiger partial charge on any atom is 0.308 e. The molecule has 1 aliphatic rings. The van der Waals surface area contributed by atoms with Crippen LogP contribution in [0, 0.1) is 27.7 Å². The van der Waals surface area contributed by atoms with Crippen molar-refractivity contribution in [2.24, 2.45) is 5.92 Å². The number of methoxy groups -OCH3 is 1. The standard InChI is InChI=1S/C13H14F2N2O4/c1-21-13(18)8-2-4-16(5-3-8)12-10(14)6-9(17(19)20)7-11(12)15/h6-8H,2-5H2,1H3. The highest BCUT2D eigenvalue weighted by molar-refractivity contribution is 5.72. The van der Waals surface area contributed by atoms with Gasteiger partial charge in [-0.3, -0.25) is 14.9 Å². The molecule has 1 aliphatic heterocycles. The fourth-order valence-corrected chi connectivity index (χ4v) is 2.47. The van der Waals surface area contributed by atoms with Gasteiger partial charge < -0.3 is 9.64 Å². The molecule has 0 saturated carbocycles. The maximum atomic E-state index is 13.9. The highest BCUT2D eigenvalue weighted by Gasteiger charge is 2.29. The quantitative estimate of drug-likeness (QED) is 0.486. The normalized spacial score (nSPS) is 15.9. The third-order valence-electron chi connectivity index (χ3n) is 3.56. The lowest BCUT2D eigenvalue weighted by molar-refractivity contribution is -0.385. The molecule has 6 nitrogen and oxygen atoms in total. The second kappa shape index (κ2) is 6.02. The van der Waals surface area contributed by atoms with Gasteiger partial charge in [0.25, 0.3) is 5.69 Å². The van der Waals surface area contributed by atoms with Crippen molar-refractivity contribution in [1.82, 2.24) is 0 Å². The summed E-state index contributed by atoms with van der Waals surface area (Å²) in [5, 5.41) is 10.6. The third kappa shape index (κ3) is 3.09. The zero-order valence-electron chi connectivity index (χ0n) is 11.3. The molecule has 114 valence electrons. The van der Waals surface area contributed by atoms with Gasteiger partial charge in [-0.2, -0.15) is 0 Å². The summed E-state index contributed by atoms with van der Waals surface area (Å²) in [7, 11) is 1.30. The van der Waals surface area contributed by atoms with Gasteiger partial charge in [0.2, 0.25) is 0 Å². The lowest BCUT2D eigenvalue weighted by atomic mass is 9.96. The Hall–Kier alpha value is -2.25. The minimum absolute atomic E-state index is 0.282. The Balaban J connectivity index is 2.17. The minimum atomic E-state index is -0.974. The number of ether oxygens (including phenoxy) is 1. The Morgan fingerprint density at radius 1 is 1.33 bits per heavy atom. The topological polar surface area (TPSA) is 72.7 Å². The van der Waals surface area contributed by atoms with Crippen molar-refractivity contribution in [2.45, 2.75) is 12.8 Å². The number of piperidine rings is 1. The molecule has 1 heterocycles. The number of esters is 1. The summed E-state index contributed by atoms with van der Waals surface area (Å²) in [6, 6.07) is 1.40. The Morgan fingerprint density at radius 3 is 2.29 bits per heavy atom. The monoisotopic (exact) mass is 300 g/mol. The number of carbonyl (C=O) groups excluding carboxylic acids is 1. The van der Waals surface area contributed by atoms with Crippen molar-refractivity contribution in [3.63, 3.8) is 0 Å². The first kappa shape index (κ1) is 15.1. The molecular formula is C13H14F2N2O4. The first-order chi connectivity index (χ1) is 9.93. The minimum Gasteiger partial charge on any atom is -0.469 e. The van der Waals surface area contributed by atoms with Gasteiger partial charge in [-0.15, -0.1) is 0 Å². The molecule has 0 spiro atoms. The number of non-ortho nitro benzene ring substituents is 1. The summed E-state index contributed by atoms with van der Waals surface area (Å²) in [6.07, 6.45) is 0.838. The van der Waals surface area contributed by atoms with E-state index in [4.69, 9.17) is 0 Å². The van der Waals surface area contributed by atoms with Crippen LogP contribution < -0.4 is 4.90 Å². The first-order valence-electron chi connectivity index (χ1n) is 6.40. The molecule has 1 fully saturated rings. The van der Waals surface area contributed by atoms with Crippen LogP contribution in [0.15, 0.2) is 12.1 Å². The molecule has 0 amide bonds. The Kier molecular flexibility index (Phi) is 4.35. The maximum absolute atomic E-state index is 13.9. The average Bonchev–Trinajstić information content (AvgIpc) is 2.46. The van der Waals surface area contributed by atoms with Crippen molar-refractivity contribution >= 4 is 17.3 Å². The summed E-state index contributed by atoms with van der Waals surface area (Å²) in [5.41, 5.74) is -0.915. The molecule has 0 aromatic heterocycles. The molecule has 0 aliphatic carbocycles. The summed E-state index contributed by atoms with van der Waals surface area (Å²) >= 11 is 0. The molecule has 0 unspecified atom stereocenters. The van der Waals surface area contributed by atoms with Gasteiger partial charge in [-0.1, -0.05) is 0 Å². The number of nitrogens with zero attached hydrogens (tertiary/aromatic N) is 2. The summed E-state index contributed by atoms with van der Waals surface area (Å²) in [4.78, 5) is 22.6. The zero-order chi connectivity index (χ0) is 15.6. The summed E-state index contributed by atoms with van der Waals surface area (Å²) in [6.45, 7) is 0.566. The van der Waals surface area contributed by atoms with Gasteiger partial charge >= 0.3 is 5.97 Å². The number of halogens is 2. The number of hydrogen-bond acceptors (Lipinski definition) is 5. The third-order valence-corrected chi connectivity index (χ3v) is 3.56. The van der Waals surface area contributed by atoms with E-state index in [9.17, 15) is 23.7 Å². The average molecular weight is 300 g/mol. The molecule has 8 heteroatoms. The SMILES string of the molecule is COC(=O)C1CCN(c2c(F)cc([N+](=O)[O-])cc2F)CC1. The highest BCUT2D eigenvalue weighted by Crippen LogP contribution is 2.31. The van der Waals surface area contributed by atoms with E-state index in [1.807, 2.05) is 0 Å². The second-order valence-electron chi connectivity index (χ2n) is 4.80. The van der Waals surface area contributed by atoms with E-state index in [0.717, 1.165) is 0 Å². The van der Waals surface area contributed by atoms with Crippen molar-refractivity contribution < 1.29 is 23.2 Å². The number of carbonyl (C=O) groups is 1. The van der Waals surface area contributed by atoms with Crippen LogP contribution in [0.4, 0.5) is 20.2 Å². The van der Waals surface area contributed by atoms with Gasteiger partial charge in [0.05, 0.1) is 30.1 Å². The summed E-state index contributed by atoms with van der Waals surface area (Å²) in [5.74, 6) is -2.56. The number of nitro benzene ring substituents is 1. The van der Waals surface area contributed by atoms with Crippen LogP contribution in [0.25, 0.3) is 0 Å². The first-order valence-corrected chi connectivity index (χ1v) is 6.40. The fourth-order valence-electron chi connectivity index (χ4n) is 2.47. The van der Waals surface area contributed by atoms with Crippen molar-refractivity contribution in [2.75, 3.05) is 25.1 Å². The van der Waals surface area contributed by atoms with Crippen molar-refractivity contribution in [3.8, 4) is 0 Å². The fraction of sp³-hybridized carbons (Fsp3) is 0.462. The van der Waals surface area contributed by atoms with E-state index < -0.39 is 22.2 Å². The van der Waals surface area contributed by atoms with Crippen LogP contribution in [0.5, 0.6) is 0 Å². The lowest BCUT2D eigenvalue weighted by Crippen LogP contribution is -2.37. The van der Waals surface area contributed by atoms with Crippen LogP contribution in [0.3, 0.4) is 0 Å². The Morgan fingerprint density at radius 2 is 1.86 bits per heavy atom. The molecule has 1 saturated heterocycles. The van der Waals surface area contributed by atoms with E-state index >= 15 is 0 Å². The predicted molar refractivity (Wildman–Crippen MR) is 70.0 cm³/mol. The van der Waals surface area contributed by atoms with Gasteiger partial charge in [-0.25, -0.2) is 8.78 Å². The number of anilines is 1. The molecule has 0 atom stereocenters. The van der Waals surface area contributed by atoms with Crippen LogP contribution >= 0.6 is 0 Å².